The summed E-state index contributed by atoms with van der Waals surface area (Å²) in [6.45, 7) is 0.796. The number of hydrogen-bond acceptors (Lipinski definition) is 2. The predicted molar refractivity (Wildman–Crippen MR) is 70.6 cm³/mol. The second kappa shape index (κ2) is 6.24. The third kappa shape index (κ3) is 3.91. The molecule has 0 bridgehead atoms. The molecule has 0 atom stereocenters. The molecule has 1 aromatic rings. The number of carbonyl (C=O) groups is 1. The van der Waals surface area contributed by atoms with Gasteiger partial charge >= 0.3 is 5.97 Å². The molecule has 0 aromatic heterocycles. The van der Waals surface area contributed by atoms with Crippen LogP contribution in [0.1, 0.15) is 31.2 Å². The molecule has 0 saturated heterocycles. The lowest BCUT2D eigenvalue weighted by Crippen LogP contribution is -2.07. The van der Waals surface area contributed by atoms with E-state index in [9.17, 15) is 4.79 Å². The van der Waals surface area contributed by atoms with E-state index in [1.807, 2.05) is 24.3 Å². The van der Waals surface area contributed by atoms with Gasteiger partial charge in [-0.25, -0.2) is 4.79 Å². The van der Waals surface area contributed by atoms with E-state index in [-0.39, 0.29) is 0 Å². The SMILES string of the molecule is O=C(O)C=Cc1ccc(OCC2CCCC2)cc1. The Balaban J connectivity index is 1.85. The summed E-state index contributed by atoms with van der Waals surface area (Å²) in [6, 6.07) is 7.50. The highest BCUT2D eigenvalue weighted by molar-refractivity contribution is 5.85. The molecule has 1 aliphatic carbocycles. The van der Waals surface area contributed by atoms with E-state index in [1.54, 1.807) is 6.08 Å². The Morgan fingerprint density at radius 3 is 2.56 bits per heavy atom. The number of carboxylic acids is 1. The molecule has 1 saturated carbocycles. The molecule has 1 fully saturated rings. The van der Waals surface area contributed by atoms with Crippen LogP contribution in [0.5, 0.6) is 5.75 Å². The van der Waals surface area contributed by atoms with Crippen molar-refractivity contribution < 1.29 is 14.6 Å². The Bertz CT molecular complexity index is 414. The van der Waals surface area contributed by atoms with E-state index >= 15 is 0 Å². The van der Waals surface area contributed by atoms with Crippen molar-refractivity contribution in [3.05, 3.63) is 35.9 Å². The van der Waals surface area contributed by atoms with Crippen molar-refractivity contribution in [2.75, 3.05) is 6.61 Å². The van der Waals surface area contributed by atoms with Gasteiger partial charge in [0, 0.05) is 6.08 Å². The van der Waals surface area contributed by atoms with Gasteiger partial charge < -0.3 is 9.84 Å². The zero-order valence-corrected chi connectivity index (χ0v) is 10.3. The number of benzene rings is 1. The van der Waals surface area contributed by atoms with Gasteiger partial charge in [0.05, 0.1) is 6.61 Å². The third-order valence-corrected chi connectivity index (χ3v) is 3.26. The first kappa shape index (κ1) is 12.7. The average Bonchev–Trinajstić information content (AvgIpc) is 2.88. The van der Waals surface area contributed by atoms with Crippen molar-refractivity contribution in [3.8, 4) is 5.75 Å². The molecule has 96 valence electrons. The molecule has 1 aliphatic rings. The quantitative estimate of drug-likeness (QED) is 0.810. The van der Waals surface area contributed by atoms with Gasteiger partial charge in [-0.05, 0) is 42.5 Å². The van der Waals surface area contributed by atoms with Gasteiger partial charge in [-0.1, -0.05) is 25.0 Å². The Hall–Kier alpha value is -1.77. The Morgan fingerprint density at radius 2 is 1.94 bits per heavy atom. The van der Waals surface area contributed by atoms with Crippen LogP contribution in [0.3, 0.4) is 0 Å². The summed E-state index contributed by atoms with van der Waals surface area (Å²) in [6.07, 6.45) is 7.91. The maximum absolute atomic E-state index is 10.4. The molecule has 0 amide bonds. The largest absolute Gasteiger partial charge is 0.493 e. The van der Waals surface area contributed by atoms with E-state index in [4.69, 9.17) is 9.84 Å². The fourth-order valence-corrected chi connectivity index (χ4v) is 2.23. The highest BCUT2D eigenvalue weighted by atomic mass is 16.5. The number of ether oxygens (including phenoxy) is 1. The molecule has 2 rings (SSSR count). The van der Waals surface area contributed by atoms with Gasteiger partial charge in [-0.2, -0.15) is 0 Å². The van der Waals surface area contributed by atoms with E-state index in [1.165, 1.54) is 25.7 Å². The molecular weight excluding hydrogens is 228 g/mol. The van der Waals surface area contributed by atoms with Crippen LogP contribution in [0, 0.1) is 5.92 Å². The minimum atomic E-state index is -0.934. The molecule has 3 heteroatoms. The van der Waals surface area contributed by atoms with Gasteiger partial charge in [0.1, 0.15) is 5.75 Å². The van der Waals surface area contributed by atoms with Crippen LogP contribution in [0.2, 0.25) is 0 Å². The maximum atomic E-state index is 10.4. The third-order valence-electron chi connectivity index (χ3n) is 3.26. The second-order valence-corrected chi connectivity index (χ2v) is 4.70. The second-order valence-electron chi connectivity index (χ2n) is 4.70. The van der Waals surface area contributed by atoms with Crippen LogP contribution in [0.25, 0.3) is 6.08 Å². The summed E-state index contributed by atoms with van der Waals surface area (Å²) >= 11 is 0. The zero-order chi connectivity index (χ0) is 12.8. The van der Waals surface area contributed by atoms with Crippen molar-refractivity contribution in [2.24, 2.45) is 5.92 Å². The lowest BCUT2D eigenvalue weighted by atomic mass is 10.1. The van der Waals surface area contributed by atoms with Crippen molar-refractivity contribution in [1.29, 1.82) is 0 Å². The molecule has 0 aliphatic heterocycles. The Labute approximate surface area is 107 Å². The first-order chi connectivity index (χ1) is 8.74. The molecule has 0 radical (unpaired) electrons. The molecular formula is C15H18O3. The summed E-state index contributed by atoms with van der Waals surface area (Å²) in [5.74, 6) is 0.627. The molecule has 1 aromatic carbocycles. The average molecular weight is 246 g/mol. The summed E-state index contributed by atoms with van der Waals surface area (Å²) in [7, 11) is 0. The predicted octanol–water partition coefficient (Wildman–Crippen LogP) is 3.35. The number of carboxylic acid groups (broad SMARTS) is 1. The van der Waals surface area contributed by atoms with Crippen LogP contribution < -0.4 is 4.74 Å². The number of hydrogen-bond donors (Lipinski definition) is 1. The zero-order valence-electron chi connectivity index (χ0n) is 10.3. The topological polar surface area (TPSA) is 46.5 Å². The van der Waals surface area contributed by atoms with Crippen molar-refractivity contribution in [2.45, 2.75) is 25.7 Å². The van der Waals surface area contributed by atoms with Crippen molar-refractivity contribution in [3.63, 3.8) is 0 Å². The molecule has 0 unspecified atom stereocenters. The van der Waals surface area contributed by atoms with Crippen LogP contribution in [-0.4, -0.2) is 17.7 Å². The van der Waals surface area contributed by atoms with Gasteiger partial charge in [-0.3, -0.25) is 0 Å². The van der Waals surface area contributed by atoms with Crippen molar-refractivity contribution >= 4 is 12.0 Å². The smallest absolute Gasteiger partial charge is 0.328 e. The van der Waals surface area contributed by atoms with Crippen LogP contribution in [0.4, 0.5) is 0 Å². The lowest BCUT2D eigenvalue weighted by molar-refractivity contribution is -0.131. The van der Waals surface area contributed by atoms with E-state index in [0.29, 0.717) is 5.92 Å². The van der Waals surface area contributed by atoms with Gasteiger partial charge in [-0.15, -0.1) is 0 Å². The molecule has 1 N–H and O–H groups in total. The van der Waals surface area contributed by atoms with Crippen LogP contribution in [-0.2, 0) is 4.79 Å². The summed E-state index contributed by atoms with van der Waals surface area (Å²) in [5, 5.41) is 8.52. The monoisotopic (exact) mass is 246 g/mol. The lowest BCUT2D eigenvalue weighted by Gasteiger charge is -2.11. The molecule has 0 spiro atoms. The maximum Gasteiger partial charge on any atom is 0.328 e. The standard InChI is InChI=1S/C15H18O3/c16-15(17)10-7-12-5-8-14(9-6-12)18-11-13-3-1-2-4-13/h5-10,13H,1-4,11H2,(H,16,17). The van der Waals surface area contributed by atoms with Gasteiger partial charge in [0.25, 0.3) is 0 Å². The molecule has 3 nitrogen and oxygen atoms in total. The fourth-order valence-electron chi connectivity index (χ4n) is 2.23. The van der Waals surface area contributed by atoms with E-state index in [0.717, 1.165) is 24.0 Å². The normalized spacial score (nSPS) is 16.2. The van der Waals surface area contributed by atoms with Crippen LogP contribution in [0.15, 0.2) is 30.3 Å². The Morgan fingerprint density at radius 1 is 1.28 bits per heavy atom. The molecule has 0 heterocycles. The van der Waals surface area contributed by atoms with Crippen LogP contribution >= 0.6 is 0 Å². The van der Waals surface area contributed by atoms with Gasteiger partial charge in [0.15, 0.2) is 0 Å². The van der Waals surface area contributed by atoms with Gasteiger partial charge in [0.2, 0.25) is 0 Å². The highest BCUT2D eigenvalue weighted by Crippen LogP contribution is 2.25. The van der Waals surface area contributed by atoms with E-state index < -0.39 is 5.97 Å². The van der Waals surface area contributed by atoms with E-state index in [2.05, 4.69) is 0 Å². The van der Waals surface area contributed by atoms with Crippen molar-refractivity contribution in [1.82, 2.24) is 0 Å². The Kier molecular flexibility index (Phi) is 4.40. The highest BCUT2D eigenvalue weighted by Gasteiger charge is 2.15. The number of rotatable bonds is 5. The minimum Gasteiger partial charge on any atom is -0.493 e. The summed E-state index contributed by atoms with van der Waals surface area (Å²) in [5.41, 5.74) is 0.866. The first-order valence-corrected chi connectivity index (χ1v) is 6.38. The fraction of sp³-hybridized carbons (Fsp3) is 0.400. The minimum absolute atomic E-state index is 0.705. The first-order valence-electron chi connectivity index (χ1n) is 6.38. The molecule has 18 heavy (non-hydrogen) atoms. The summed E-state index contributed by atoms with van der Waals surface area (Å²) < 4.78 is 5.73. The summed E-state index contributed by atoms with van der Waals surface area (Å²) in [4.78, 5) is 10.4. The number of aliphatic carboxylic acids is 1.